The Kier molecular flexibility index (Phi) is 7.72. The summed E-state index contributed by atoms with van der Waals surface area (Å²) in [7, 11) is -4.28. The van der Waals surface area contributed by atoms with Gasteiger partial charge in [-0.15, -0.1) is 0 Å². The number of rotatable bonds is 8. The first-order valence-corrected chi connectivity index (χ1v) is 10.5. The van der Waals surface area contributed by atoms with Gasteiger partial charge in [0.15, 0.2) is 0 Å². The zero-order valence-electron chi connectivity index (χ0n) is 15.0. The number of hydrogen-bond acceptors (Lipinski definition) is 4. The van der Waals surface area contributed by atoms with Crippen molar-refractivity contribution in [3.05, 3.63) is 29.3 Å². The first-order chi connectivity index (χ1) is 13.0. The number of benzene rings is 1. The van der Waals surface area contributed by atoms with Crippen LogP contribution in [0, 0.1) is 5.92 Å². The zero-order chi connectivity index (χ0) is 20.9. The van der Waals surface area contributed by atoms with Gasteiger partial charge in [0.1, 0.15) is 6.04 Å². The number of sulfonamides is 1. The van der Waals surface area contributed by atoms with Gasteiger partial charge in [0, 0.05) is 24.6 Å². The number of nitrogens with zero attached hydrogens (tertiary/aromatic N) is 1. The summed E-state index contributed by atoms with van der Waals surface area (Å²) in [6.45, 7) is 0.640. The van der Waals surface area contributed by atoms with E-state index in [1.54, 1.807) is 0 Å². The fourth-order valence-electron chi connectivity index (χ4n) is 3.07. The second kappa shape index (κ2) is 9.43. The van der Waals surface area contributed by atoms with E-state index < -0.39 is 41.0 Å². The molecule has 0 bridgehead atoms. The van der Waals surface area contributed by atoms with Gasteiger partial charge in [0.25, 0.3) is 0 Å². The number of carbonyl (C=O) groups is 1. The molecule has 11 heteroatoms. The Labute approximate surface area is 166 Å². The van der Waals surface area contributed by atoms with Crippen LogP contribution in [0.15, 0.2) is 29.2 Å². The molecule has 0 radical (unpaired) electrons. The lowest BCUT2D eigenvalue weighted by Crippen LogP contribution is -2.50. The lowest BCUT2D eigenvalue weighted by Gasteiger charge is -2.33. The molecule has 1 aromatic rings. The van der Waals surface area contributed by atoms with Crippen molar-refractivity contribution in [2.45, 2.75) is 42.8 Å². The summed E-state index contributed by atoms with van der Waals surface area (Å²) in [6, 6.07) is 3.56. The topological polar surface area (TPSA) is 89.7 Å². The minimum Gasteiger partial charge on any atom is -0.381 e. The van der Waals surface area contributed by atoms with Crippen molar-refractivity contribution >= 4 is 27.5 Å². The van der Waals surface area contributed by atoms with Crippen molar-refractivity contribution in [1.29, 1.82) is 0 Å². The van der Waals surface area contributed by atoms with Crippen molar-refractivity contribution in [3.63, 3.8) is 0 Å². The number of ether oxygens (including phenoxy) is 1. The third-order valence-corrected chi connectivity index (χ3v) is 6.63. The van der Waals surface area contributed by atoms with Crippen molar-refractivity contribution in [1.82, 2.24) is 4.31 Å². The molecule has 6 nitrogen and oxygen atoms in total. The van der Waals surface area contributed by atoms with E-state index in [0.29, 0.717) is 24.5 Å². The van der Waals surface area contributed by atoms with Gasteiger partial charge in [-0.1, -0.05) is 11.6 Å². The summed E-state index contributed by atoms with van der Waals surface area (Å²) in [6.07, 6.45) is -5.29. The molecular weight excluding hydrogens is 421 g/mol. The van der Waals surface area contributed by atoms with Crippen molar-refractivity contribution in [3.8, 4) is 0 Å². The smallest absolute Gasteiger partial charge is 0.381 e. The molecule has 1 aliphatic heterocycles. The number of amides is 1. The van der Waals surface area contributed by atoms with E-state index in [2.05, 4.69) is 0 Å². The van der Waals surface area contributed by atoms with Crippen molar-refractivity contribution < 1.29 is 31.1 Å². The molecule has 0 aliphatic carbocycles. The molecule has 2 N–H and O–H groups in total. The lowest BCUT2D eigenvalue weighted by atomic mass is 10.0. The van der Waals surface area contributed by atoms with Crippen LogP contribution in [0.5, 0.6) is 0 Å². The lowest BCUT2D eigenvalue weighted by molar-refractivity contribution is -0.140. The molecule has 2 rings (SSSR count). The van der Waals surface area contributed by atoms with Gasteiger partial charge in [-0.25, -0.2) is 8.42 Å². The van der Waals surface area contributed by atoms with E-state index in [1.165, 1.54) is 24.3 Å². The average Bonchev–Trinajstić information content (AvgIpc) is 2.61. The zero-order valence-corrected chi connectivity index (χ0v) is 16.6. The van der Waals surface area contributed by atoms with Gasteiger partial charge in [0.2, 0.25) is 15.9 Å². The van der Waals surface area contributed by atoms with E-state index in [9.17, 15) is 26.4 Å². The predicted octanol–water partition coefficient (Wildman–Crippen LogP) is 2.95. The van der Waals surface area contributed by atoms with E-state index in [0.717, 1.165) is 4.31 Å². The molecule has 28 heavy (non-hydrogen) atoms. The second-order valence-electron chi connectivity index (χ2n) is 6.68. The van der Waals surface area contributed by atoms with Crippen LogP contribution in [-0.4, -0.2) is 50.6 Å². The van der Waals surface area contributed by atoms with Crippen LogP contribution in [0.4, 0.5) is 13.2 Å². The van der Waals surface area contributed by atoms with Crippen LogP contribution in [0.3, 0.4) is 0 Å². The van der Waals surface area contributed by atoms with Crippen LogP contribution in [0.25, 0.3) is 0 Å². The summed E-state index contributed by atoms with van der Waals surface area (Å²) in [4.78, 5) is 11.8. The third-order valence-electron chi connectivity index (χ3n) is 4.49. The molecule has 0 saturated carbocycles. The summed E-state index contributed by atoms with van der Waals surface area (Å²) < 4.78 is 70.5. The Bertz CT molecular complexity index is 766. The molecule has 1 heterocycles. The first kappa shape index (κ1) is 22.9. The highest BCUT2D eigenvalue weighted by Gasteiger charge is 2.39. The van der Waals surface area contributed by atoms with Crippen LogP contribution >= 0.6 is 11.6 Å². The van der Waals surface area contributed by atoms with Gasteiger partial charge in [0.05, 0.1) is 11.5 Å². The van der Waals surface area contributed by atoms with Crippen LogP contribution in [-0.2, 0) is 19.6 Å². The normalized spacial score (nSPS) is 19.5. The minimum absolute atomic E-state index is 0.156. The van der Waals surface area contributed by atoms with Gasteiger partial charge in [-0.05, 0) is 49.4 Å². The summed E-state index contributed by atoms with van der Waals surface area (Å²) in [5, 5.41) is 0.301. The SMILES string of the molecule is NC(=O)[C@@H](CCC(F)(F)F)N(C[C@@H]1CCCOC1)S(=O)(=O)c1ccc(Cl)cc1. The standard InChI is InChI=1S/C17H22ClF3N2O4S/c18-13-3-5-14(6-4-13)28(25,26)23(10-12-2-1-9-27-11-12)15(16(22)24)7-8-17(19,20)21/h3-6,12,15H,1-2,7-11H2,(H2,22,24)/t12-,15+/m0/s1. The molecule has 1 fully saturated rings. The van der Waals surface area contributed by atoms with Gasteiger partial charge in [-0.3, -0.25) is 4.79 Å². The highest BCUT2D eigenvalue weighted by Crippen LogP contribution is 2.29. The molecular formula is C17H22ClF3N2O4S. The predicted molar refractivity (Wildman–Crippen MR) is 97.2 cm³/mol. The maximum Gasteiger partial charge on any atom is 0.389 e. The number of hydrogen-bond donors (Lipinski definition) is 1. The molecule has 1 amide bonds. The quantitative estimate of drug-likeness (QED) is 0.670. The van der Waals surface area contributed by atoms with Crippen molar-refractivity contribution in [2.75, 3.05) is 19.8 Å². The summed E-state index contributed by atoms with van der Waals surface area (Å²) >= 11 is 5.79. The Hall–Kier alpha value is -1.36. The summed E-state index contributed by atoms with van der Waals surface area (Å²) in [5.74, 6) is -1.37. The van der Waals surface area contributed by atoms with E-state index in [-0.39, 0.29) is 24.0 Å². The molecule has 2 atom stereocenters. The van der Waals surface area contributed by atoms with Gasteiger partial charge >= 0.3 is 6.18 Å². The van der Waals surface area contributed by atoms with Gasteiger partial charge in [-0.2, -0.15) is 17.5 Å². The fraction of sp³-hybridized carbons (Fsp3) is 0.588. The Morgan fingerprint density at radius 3 is 2.46 bits per heavy atom. The second-order valence-corrected chi connectivity index (χ2v) is 9.01. The van der Waals surface area contributed by atoms with Crippen LogP contribution in [0.2, 0.25) is 5.02 Å². The van der Waals surface area contributed by atoms with Crippen LogP contribution < -0.4 is 5.73 Å². The monoisotopic (exact) mass is 442 g/mol. The molecule has 1 aromatic carbocycles. The van der Waals surface area contributed by atoms with Crippen molar-refractivity contribution in [2.24, 2.45) is 11.7 Å². The molecule has 158 valence electrons. The number of halogens is 4. The molecule has 0 aromatic heterocycles. The van der Waals surface area contributed by atoms with E-state index in [1.807, 2.05) is 0 Å². The fourth-order valence-corrected chi connectivity index (χ4v) is 4.90. The van der Waals surface area contributed by atoms with Gasteiger partial charge < -0.3 is 10.5 Å². The Morgan fingerprint density at radius 1 is 1.32 bits per heavy atom. The highest BCUT2D eigenvalue weighted by molar-refractivity contribution is 7.89. The number of carbonyl (C=O) groups excluding carboxylic acids is 1. The average molecular weight is 443 g/mol. The number of primary amides is 1. The molecule has 1 aliphatic rings. The van der Waals surface area contributed by atoms with E-state index >= 15 is 0 Å². The first-order valence-electron chi connectivity index (χ1n) is 8.72. The maximum absolute atomic E-state index is 13.1. The molecule has 1 saturated heterocycles. The van der Waals surface area contributed by atoms with E-state index in [4.69, 9.17) is 22.1 Å². The molecule has 0 unspecified atom stereocenters. The Morgan fingerprint density at radius 2 is 1.96 bits per heavy atom. The minimum atomic E-state index is -4.54. The number of nitrogens with two attached hydrogens (primary N) is 1. The molecule has 0 spiro atoms. The largest absolute Gasteiger partial charge is 0.389 e. The van der Waals surface area contributed by atoms with Crippen LogP contribution in [0.1, 0.15) is 25.7 Å². The number of alkyl halides is 3. The maximum atomic E-state index is 13.1. The third kappa shape index (κ3) is 6.33. The highest BCUT2D eigenvalue weighted by atomic mass is 35.5. The Balaban J connectivity index is 2.38. The summed E-state index contributed by atoms with van der Waals surface area (Å²) in [5.41, 5.74) is 5.31.